The number of nitrogens with zero attached hydrogens (tertiary/aromatic N) is 3. The van der Waals surface area contributed by atoms with Gasteiger partial charge < -0.3 is 10.6 Å². The molecular weight excluding hydrogens is 214 g/mol. The van der Waals surface area contributed by atoms with Crippen LogP contribution in [-0.2, 0) is 7.05 Å². The fourth-order valence-corrected chi connectivity index (χ4v) is 2.21. The summed E-state index contributed by atoms with van der Waals surface area (Å²) in [5, 5.41) is 11.0. The number of aryl methyl sites for hydroxylation is 1. The van der Waals surface area contributed by atoms with E-state index in [4.69, 9.17) is 0 Å². The second-order valence-electron chi connectivity index (χ2n) is 5.31. The van der Waals surface area contributed by atoms with E-state index in [1.165, 1.54) is 0 Å². The van der Waals surface area contributed by atoms with Crippen LogP contribution in [0.5, 0.6) is 0 Å². The molecule has 0 aliphatic carbocycles. The summed E-state index contributed by atoms with van der Waals surface area (Å²) in [4.78, 5) is 2.53. The molecule has 2 rings (SSSR count). The van der Waals surface area contributed by atoms with E-state index < -0.39 is 0 Å². The van der Waals surface area contributed by atoms with Crippen LogP contribution in [0.3, 0.4) is 0 Å². The molecule has 0 radical (unpaired) electrons. The number of hydrogen-bond donors (Lipinski definition) is 2. The lowest BCUT2D eigenvalue weighted by Gasteiger charge is -2.41. The van der Waals surface area contributed by atoms with Gasteiger partial charge in [-0.25, -0.2) is 0 Å². The third kappa shape index (κ3) is 3.20. The molecule has 5 heteroatoms. The summed E-state index contributed by atoms with van der Waals surface area (Å²) in [5.41, 5.74) is 1.27. The Morgan fingerprint density at radius 3 is 2.71 bits per heavy atom. The van der Waals surface area contributed by atoms with Gasteiger partial charge in [0.2, 0.25) is 0 Å². The highest BCUT2D eigenvalue weighted by Gasteiger charge is 2.27. The average Bonchev–Trinajstić information content (AvgIpc) is 2.74. The molecule has 1 fully saturated rings. The number of hydrogen-bond acceptors (Lipinski definition) is 4. The monoisotopic (exact) mass is 237 g/mol. The molecule has 0 bridgehead atoms. The largest absolute Gasteiger partial charge is 0.381 e. The molecule has 5 nitrogen and oxygen atoms in total. The lowest BCUT2D eigenvalue weighted by atomic mass is 10.0. The molecule has 0 unspecified atom stereocenters. The van der Waals surface area contributed by atoms with Crippen molar-refractivity contribution in [2.24, 2.45) is 7.05 Å². The van der Waals surface area contributed by atoms with Crippen molar-refractivity contribution >= 4 is 5.69 Å². The minimum Gasteiger partial charge on any atom is -0.381 e. The molecule has 0 amide bonds. The van der Waals surface area contributed by atoms with Crippen LogP contribution in [0.1, 0.15) is 13.8 Å². The van der Waals surface area contributed by atoms with Crippen LogP contribution in [0.4, 0.5) is 5.69 Å². The van der Waals surface area contributed by atoms with Crippen molar-refractivity contribution in [2.75, 3.05) is 38.0 Å². The first-order valence-corrected chi connectivity index (χ1v) is 6.26. The molecular formula is C12H23N5. The van der Waals surface area contributed by atoms with Gasteiger partial charge in [0.25, 0.3) is 0 Å². The van der Waals surface area contributed by atoms with Gasteiger partial charge in [-0.3, -0.25) is 9.58 Å². The Hall–Kier alpha value is -1.07. The van der Waals surface area contributed by atoms with Crippen molar-refractivity contribution in [2.45, 2.75) is 19.4 Å². The topological polar surface area (TPSA) is 45.1 Å². The molecule has 2 heterocycles. The van der Waals surface area contributed by atoms with Gasteiger partial charge in [0.05, 0.1) is 11.9 Å². The second-order valence-corrected chi connectivity index (χ2v) is 5.31. The maximum Gasteiger partial charge on any atom is 0.0727 e. The molecule has 1 aromatic rings. The van der Waals surface area contributed by atoms with Crippen molar-refractivity contribution in [3.8, 4) is 0 Å². The number of anilines is 1. The first-order chi connectivity index (χ1) is 8.08. The summed E-state index contributed by atoms with van der Waals surface area (Å²) in [5.74, 6) is 0. The van der Waals surface area contributed by atoms with Crippen LogP contribution in [-0.4, -0.2) is 52.9 Å². The van der Waals surface area contributed by atoms with Crippen molar-refractivity contribution in [3.05, 3.63) is 12.4 Å². The first-order valence-electron chi connectivity index (χ1n) is 6.26. The Balaban J connectivity index is 1.87. The molecule has 0 atom stereocenters. The second kappa shape index (κ2) is 5.06. The fourth-order valence-electron chi connectivity index (χ4n) is 2.21. The third-order valence-electron chi connectivity index (χ3n) is 3.40. The molecule has 1 aromatic heterocycles. The molecule has 0 spiro atoms. The van der Waals surface area contributed by atoms with E-state index in [0.717, 1.165) is 38.4 Å². The van der Waals surface area contributed by atoms with Crippen LogP contribution < -0.4 is 10.6 Å². The summed E-state index contributed by atoms with van der Waals surface area (Å²) in [7, 11) is 1.94. The summed E-state index contributed by atoms with van der Waals surface area (Å²) in [6.07, 6.45) is 3.88. The Morgan fingerprint density at radius 1 is 1.41 bits per heavy atom. The molecule has 0 saturated carbocycles. The molecule has 0 aromatic carbocycles. The number of nitrogens with one attached hydrogen (secondary N) is 2. The maximum atomic E-state index is 4.16. The summed E-state index contributed by atoms with van der Waals surface area (Å²) in [6.45, 7) is 9.97. The Kier molecular flexibility index (Phi) is 3.69. The standard InChI is InChI=1S/C12H23N5/c1-12(2,17-6-4-13-5-7-17)10-14-11-8-15-16(3)9-11/h8-9,13-14H,4-7,10H2,1-3H3. The molecule has 1 aliphatic heterocycles. The van der Waals surface area contributed by atoms with E-state index in [1.54, 1.807) is 0 Å². The normalized spacial score (nSPS) is 18.3. The van der Waals surface area contributed by atoms with Gasteiger partial charge in [-0.1, -0.05) is 0 Å². The fraction of sp³-hybridized carbons (Fsp3) is 0.750. The smallest absolute Gasteiger partial charge is 0.0727 e. The minimum absolute atomic E-state index is 0.179. The Morgan fingerprint density at radius 2 is 2.12 bits per heavy atom. The highest BCUT2D eigenvalue weighted by atomic mass is 15.3. The highest BCUT2D eigenvalue weighted by molar-refractivity contribution is 5.38. The Bertz CT molecular complexity index is 352. The number of piperazine rings is 1. The lowest BCUT2D eigenvalue weighted by molar-refractivity contribution is 0.114. The lowest BCUT2D eigenvalue weighted by Crippen LogP contribution is -2.56. The van der Waals surface area contributed by atoms with Crippen molar-refractivity contribution in [1.82, 2.24) is 20.0 Å². The predicted molar refractivity (Wildman–Crippen MR) is 70.2 cm³/mol. The zero-order valence-electron chi connectivity index (χ0n) is 11.0. The molecule has 1 saturated heterocycles. The summed E-state index contributed by atoms with van der Waals surface area (Å²) >= 11 is 0. The van der Waals surface area contributed by atoms with Gasteiger partial charge in [0.1, 0.15) is 0 Å². The molecule has 1 aliphatic rings. The maximum absolute atomic E-state index is 4.16. The van der Waals surface area contributed by atoms with Gasteiger partial charge in [-0.15, -0.1) is 0 Å². The predicted octanol–water partition coefficient (Wildman–Crippen LogP) is 0.516. The zero-order chi connectivity index (χ0) is 12.3. The zero-order valence-corrected chi connectivity index (χ0v) is 11.0. The van der Waals surface area contributed by atoms with Gasteiger partial charge >= 0.3 is 0 Å². The van der Waals surface area contributed by atoms with Gasteiger partial charge in [0, 0.05) is 51.5 Å². The molecule has 2 N–H and O–H groups in total. The van der Waals surface area contributed by atoms with Crippen LogP contribution in [0.2, 0.25) is 0 Å². The van der Waals surface area contributed by atoms with Gasteiger partial charge in [-0.2, -0.15) is 5.10 Å². The quantitative estimate of drug-likeness (QED) is 0.801. The minimum atomic E-state index is 0.179. The average molecular weight is 237 g/mol. The van der Waals surface area contributed by atoms with E-state index in [-0.39, 0.29) is 5.54 Å². The molecule has 96 valence electrons. The van der Waals surface area contributed by atoms with Crippen molar-refractivity contribution < 1.29 is 0 Å². The van der Waals surface area contributed by atoms with Crippen LogP contribution in [0.25, 0.3) is 0 Å². The summed E-state index contributed by atoms with van der Waals surface area (Å²) in [6, 6.07) is 0. The molecule has 17 heavy (non-hydrogen) atoms. The number of rotatable bonds is 4. The van der Waals surface area contributed by atoms with E-state index in [0.29, 0.717) is 0 Å². The van der Waals surface area contributed by atoms with E-state index in [9.17, 15) is 0 Å². The van der Waals surface area contributed by atoms with Gasteiger partial charge in [0.15, 0.2) is 0 Å². The third-order valence-corrected chi connectivity index (χ3v) is 3.40. The van der Waals surface area contributed by atoms with Crippen LogP contribution >= 0.6 is 0 Å². The SMILES string of the molecule is Cn1cc(NCC(C)(C)N2CCNCC2)cn1. The van der Waals surface area contributed by atoms with Crippen LogP contribution in [0.15, 0.2) is 12.4 Å². The Labute approximate surface area is 103 Å². The van der Waals surface area contributed by atoms with Gasteiger partial charge in [-0.05, 0) is 13.8 Å². The first kappa shape index (κ1) is 12.4. The van der Waals surface area contributed by atoms with Crippen molar-refractivity contribution in [3.63, 3.8) is 0 Å². The van der Waals surface area contributed by atoms with Crippen LogP contribution in [0, 0.1) is 0 Å². The van der Waals surface area contributed by atoms with E-state index >= 15 is 0 Å². The number of aromatic nitrogens is 2. The van der Waals surface area contributed by atoms with E-state index in [2.05, 4.69) is 34.5 Å². The van der Waals surface area contributed by atoms with Crippen molar-refractivity contribution in [1.29, 1.82) is 0 Å². The highest BCUT2D eigenvalue weighted by Crippen LogP contribution is 2.16. The van der Waals surface area contributed by atoms with E-state index in [1.807, 2.05) is 24.1 Å². The summed E-state index contributed by atoms with van der Waals surface area (Å²) < 4.78 is 1.82.